The third-order valence-corrected chi connectivity index (χ3v) is 9.87. The van der Waals surface area contributed by atoms with E-state index >= 15 is 8.78 Å². The van der Waals surface area contributed by atoms with Gasteiger partial charge in [-0.15, -0.1) is 0 Å². The molecule has 3 saturated heterocycles. The van der Waals surface area contributed by atoms with E-state index in [9.17, 15) is 19.2 Å². The number of carbonyl (C=O) groups is 4. The summed E-state index contributed by atoms with van der Waals surface area (Å²) in [6.07, 6.45) is 2.18. The van der Waals surface area contributed by atoms with E-state index in [0.29, 0.717) is 31.7 Å². The van der Waals surface area contributed by atoms with Crippen LogP contribution in [-0.2, 0) is 16.1 Å². The van der Waals surface area contributed by atoms with Crippen LogP contribution >= 0.6 is 0 Å². The van der Waals surface area contributed by atoms with E-state index in [-0.39, 0.29) is 49.5 Å². The molecule has 47 heavy (non-hydrogen) atoms. The van der Waals surface area contributed by atoms with Crippen LogP contribution in [0.2, 0.25) is 0 Å². The number of alkyl halides is 2. The van der Waals surface area contributed by atoms with Gasteiger partial charge in [0.2, 0.25) is 11.8 Å². The van der Waals surface area contributed by atoms with Crippen LogP contribution in [0.4, 0.5) is 8.78 Å². The largest absolute Gasteiger partial charge is 0.332 e. The van der Waals surface area contributed by atoms with Crippen LogP contribution in [0.25, 0.3) is 0 Å². The minimum atomic E-state index is -3.16. The molecule has 2 aromatic carbocycles. The number of fused-ring (bicyclic) bond motifs is 1. The van der Waals surface area contributed by atoms with E-state index in [4.69, 9.17) is 0 Å². The summed E-state index contributed by atoms with van der Waals surface area (Å²) in [5, 5.41) is 2.27. The Labute approximate surface area is 271 Å². The maximum absolute atomic E-state index is 15.9. The Hall–Kier alpha value is -4.55. The van der Waals surface area contributed by atoms with Crippen LogP contribution in [0.15, 0.2) is 72.9 Å². The monoisotopic (exact) mass is 642 g/mol. The summed E-state index contributed by atoms with van der Waals surface area (Å²) in [5.74, 6) is -5.22. The first kappa shape index (κ1) is 31.1. The standard InChI is InChI=1S/C35H36F2N6O4/c36-35(37)22-42(33(46)25-10-6-9-24-21-43(34(47)30(24)25)27-12-13-29(44)39-32(27)45)16-14-28(35)40-17-19-41(20-18-40)31(23-7-2-1-3-8-23)26-11-4-5-15-38-26/h1-11,15,27-28,31H,12-14,16-22H2,(H,39,44,45). The molecule has 1 N–H and O–H groups in total. The van der Waals surface area contributed by atoms with E-state index in [0.717, 1.165) is 16.2 Å². The van der Waals surface area contributed by atoms with Crippen molar-refractivity contribution in [3.63, 3.8) is 0 Å². The number of halogens is 2. The van der Waals surface area contributed by atoms with Crippen LogP contribution in [0, 0.1) is 0 Å². The fourth-order valence-electron chi connectivity index (χ4n) is 7.56. The van der Waals surface area contributed by atoms with E-state index < -0.39 is 48.2 Å². The van der Waals surface area contributed by atoms with Gasteiger partial charge in [-0.25, -0.2) is 8.78 Å². The highest BCUT2D eigenvalue weighted by Gasteiger charge is 2.50. The van der Waals surface area contributed by atoms with E-state index in [1.54, 1.807) is 18.3 Å². The lowest BCUT2D eigenvalue weighted by Crippen LogP contribution is -2.62. The Kier molecular flexibility index (Phi) is 8.31. The van der Waals surface area contributed by atoms with Crippen LogP contribution < -0.4 is 5.32 Å². The molecule has 1 aromatic heterocycles. The van der Waals surface area contributed by atoms with Crippen molar-refractivity contribution in [3.8, 4) is 0 Å². The zero-order valence-corrected chi connectivity index (χ0v) is 25.9. The Morgan fingerprint density at radius 1 is 0.894 bits per heavy atom. The minimum Gasteiger partial charge on any atom is -0.332 e. The molecule has 7 rings (SSSR count). The lowest BCUT2D eigenvalue weighted by Gasteiger charge is -2.47. The molecular formula is C35H36F2N6O4. The summed E-state index contributed by atoms with van der Waals surface area (Å²) in [7, 11) is 0. The smallest absolute Gasteiger partial charge is 0.280 e. The fraction of sp³-hybridized carbons (Fsp3) is 0.400. The van der Waals surface area contributed by atoms with Crippen molar-refractivity contribution < 1.29 is 28.0 Å². The number of hydrogen-bond acceptors (Lipinski definition) is 7. The molecule has 3 fully saturated rings. The molecule has 5 heterocycles. The van der Waals surface area contributed by atoms with Crippen LogP contribution in [-0.4, -0.2) is 105 Å². The van der Waals surface area contributed by atoms with Gasteiger partial charge < -0.3 is 9.80 Å². The number of pyridine rings is 1. The molecule has 3 atom stereocenters. The van der Waals surface area contributed by atoms with Crippen molar-refractivity contribution in [1.82, 2.24) is 29.9 Å². The summed E-state index contributed by atoms with van der Waals surface area (Å²) in [6, 6.07) is 18.8. The lowest BCUT2D eigenvalue weighted by atomic mass is 9.95. The highest BCUT2D eigenvalue weighted by Crippen LogP contribution is 2.36. The number of benzene rings is 2. The molecule has 244 valence electrons. The van der Waals surface area contributed by atoms with Crippen molar-refractivity contribution >= 4 is 23.6 Å². The summed E-state index contributed by atoms with van der Waals surface area (Å²) in [4.78, 5) is 62.6. The van der Waals surface area contributed by atoms with Crippen LogP contribution in [0.3, 0.4) is 0 Å². The van der Waals surface area contributed by atoms with Crippen LogP contribution in [0.1, 0.15) is 62.8 Å². The molecule has 10 nitrogen and oxygen atoms in total. The number of imide groups is 1. The van der Waals surface area contributed by atoms with Gasteiger partial charge in [0.25, 0.3) is 17.7 Å². The number of aromatic nitrogens is 1. The van der Waals surface area contributed by atoms with Crippen molar-refractivity contribution in [3.05, 3.63) is 101 Å². The average molecular weight is 643 g/mol. The van der Waals surface area contributed by atoms with E-state index in [1.807, 2.05) is 41.3 Å². The molecule has 0 bridgehead atoms. The maximum atomic E-state index is 15.9. The lowest BCUT2D eigenvalue weighted by molar-refractivity contribution is -0.136. The molecule has 4 amide bonds. The SMILES string of the molecule is O=C1CCC(N2Cc3cccc(C(=O)N4CCC(N5CCN(C(c6ccccc6)c6ccccn6)CC5)C(F)(F)C4)c3C2=O)C(=O)N1. The van der Waals surface area contributed by atoms with Crippen LogP contribution in [0.5, 0.6) is 0 Å². The van der Waals surface area contributed by atoms with Gasteiger partial charge in [-0.05, 0) is 42.2 Å². The van der Waals surface area contributed by atoms with Crippen molar-refractivity contribution in [2.45, 2.75) is 49.9 Å². The second-order valence-corrected chi connectivity index (χ2v) is 12.7. The first-order valence-electron chi connectivity index (χ1n) is 16.1. The minimum absolute atomic E-state index is 0.0617. The molecule has 4 aliphatic rings. The Bertz CT molecular complexity index is 1640. The molecule has 0 aliphatic carbocycles. The number of rotatable bonds is 6. The number of piperazine rings is 1. The van der Waals surface area contributed by atoms with Crippen molar-refractivity contribution in [2.24, 2.45) is 0 Å². The van der Waals surface area contributed by atoms with E-state index in [1.165, 1.54) is 11.0 Å². The molecule has 3 aromatic rings. The molecule has 4 aliphatic heterocycles. The molecule has 0 spiro atoms. The first-order chi connectivity index (χ1) is 22.7. The normalized spacial score (nSPS) is 24.2. The van der Waals surface area contributed by atoms with Gasteiger partial charge >= 0.3 is 0 Å². The third-order valence-electron chi connectivity index (χ3n) is 9.87. The van der Waals surface area contributed by atoms with Gasteiger partial charge in [0.1, 0.15) is 6.04 Å². The van der Waals surface area contributed by atoms with E-state index in [2.05, 4.69) is 27.3 Å². The first-order valence-corrected chi connectivity index (χ1v) is 16.1. The Morgan fingerprint density at radius 3 is 2.36 bits per heavy atom. The number of amides is 4. The number of hydrogen-bond donors (Lipinski definition) is 1. The van der Waals surface area contributed by atoms with Crippen molar-refractivity contribution in [1.29, 1.82) is 0 Å². The second-order valence-electron chi connectivity index (χ2n) is 12.7. The molecule has 0 radical (unpaired) electrons. The average Bonchev–Trinajstić information content (AvgIpc) is 3.41. The van der Waals surface area contributed by atoms with Gasteiger partial charge in [-0.2, -0.15) is 0 Å². The number of piperidine rings is 2. The summed E-state index contributed by atoms with van der Waals surface area (Å²) >= 11 is 0. The highest BCUT2D eigenvalue weighted by atomic mass is 19.3. The molecule has 12 heteroatoms. The Morgan fingerprint density at radius 2 is 1.66 bits per heavy atom. The zero-order valence-electron chi connectivity index (χ0n) is 25.9. The van der Waals surface area contributed by atoms with Gasteiger partial charge in [0.05, 0.1) is 35.4 Å². The van der Waals surface area contributed by atoms with Gasteiger partial charge in [-0.3, -0.25) is 39.3 Å². The fourth-order valence-corrected chi connectivity index (χ4v) is 7.56. The molecule has 0 saturated carbocycles. The molecular weight excluding hydrogens is 606 g/mol. The predicted molar refractivity (Wildman–Crippen MR) is 167 cm³/mol. The van der Waals surface area contributed by atoms with Gasteiger partial charge in [-0.1, -0.05) is 48.5 Å². The zero-order chi connectivity index (χ0) is 32.7. The summed E-state index contributed by atoms with van der Waals surface area (Å²) < 4.78 is 31.8. The highest BCUT2D eigenvalue weighted by molar-refractivity contribution is 6.11. The number of carbonyl (C=O) groups excluding carboxylic acids is 4. The van der Waals surface area contributed by atoms with Gasteiger partial charge in [0.15, 0.2) is 0 Å². The third kappa shape index (κ3) is 5.91. The number of likely N-dealkylation sites (tertiary alicyclic amines) is 1. The maximum Gasteiger partial charge on any atom is 0.280 e. The number of nitrogens with one attached hydrogen (secondary N) is 1. The predicted octanol–water partition coefficient (Wildman–Crippen LogP) is 3.10. The Balaban J connectivity index is 1.02. The second kappa shape index (κ2) is 12.6. The van der Waals surface area contributed by atoms with Crippen molar-refractivity contribution in [2.75, 3.05) is 39.3 Å². The van der Waals surface area contributed by atoms with Gasteiger partial charge in [0, 0.05) is 51.9 Å². The quantitative estimate of drug-likeness (QED) is 0.412. The summed E-state index contributed by atoms with van der Waals surface area (Å²) in [5.41, 5.74) is 2.78. The summed E-state index contributed by atoms with van der Waals surface area (Å²) in [6.45, 7) is 1.60. The molecule has 3 unspecified atom stereocenters. The topological polar surface area (TPSA) is 106 Å². The number of nitrogens with zero attached hydrogens (tertiary/aromatic N) is 5.